The Kier molecular flexibility index (Phi) is 4.53. The second-order valence-corrected chi connectivity index (χ2v) is 7.17. The van der Waals surface area contributed by atoms with Crippen LogP contribution in [0.3, 0.4) is 0 Å². The first-order valence-electron chi connectivity index (χ1n) is 6.75. The Balaban J connectivity index is 2.39. The van der Waals surface area contributed by atoms with Crippen LogP contribution < -0.4 is 4.74 Å². The number of hydrogen-bond acceptors (Lipinski definition) is 4. The largest absolute Gasteiger partial charge is 0.497 e. The fourth-order valence-corrected chi connectivity index (χ4v) is 4.17. The molecule has 1 N–H and O–H groups in total. The third-order valence-electron chi connectivity index (χ3n) is 3.75. The van der Waals surface area contributed by atoms with Crippen LogP contribution in [0.15, 0.2) is 29.2 Å². The molecule has 1 saturated heterocycles. The molecule has 0 bridgehead atoms. The van der Waals surface area contributed by atoms with Crippen LogP contribution in [0.5, 0.6) is 5.75 Å². The Morgan fingerprint density at radius 2 is 2.14 bits per heavy atom. The third kappa shape index (κ3) is 3.19. The molecule has 0 amide bonds. The van der Waals surface area contributed by atoms with Gasteiger partial charge in [0.05, 0.1) is 12.0 Å². The number of benzene rings is 1. The SMILES string of the molecule is COc1cccc(S(=O)(=O)N2CCC(C)CC2C(=O)O)c1. The van der Waals surface area contributed by atoms with Gasteiger partial charge in [-0.1, -0.05) is 13.0 Å². The third-order valence-corrected chi connectivity index (χ3v) is 5.65. The molecular weight excluding hydrogens is 294 g/mol. The lowest BCUT2D eigenvalue weighted by molar-refractivity contribution is -0.143. The maximum absolute atomic E-state index is 12.7. The van der Waals surface area contributed by atoms with Gasteiger partial charge in [-0.15, -0.1) is 0 Å². The summed E-state index contributed by atoms with van der Waals surface area (Å²) in [4.78, 5) is 11.4. The first kappa shape index (κ1) is 15.8. The number of nitrogens with zero attached hydrogens (tertiary/aromatic N) is 1. The molecule has 0 aliphatic carbocycles. The second-order valence-electron chi connectivity index (χ2n) is 5.28. The summed E-state index contributed by atoms with van der Waals surface area (Å²) in [6, 6.07) is 5.08. The van der Waals surface area contributed by atoms with E-state index in [4.69, 9.17) is 4.74 Å². The number of piperidine rings is 1. The van der Waals surface area contributed by atoms with Crippen LogP contribution in [-0.2, 0) is 14.8 Å². The summed E-state index contributed by atoms with van der Waals surface area (Å²) in [5, 5.41) is 9.31. The van der Waals surface area contributed by atoms with Gasteiger partial charge >= 0.3 is 5.97 Å². The van der Waals surface area contributed by atoms with Crippen molar-refractivity contribution in [1.82, 2.24) is 4.31 Å². The summed E-state index contributed by atoms with van der Waals surface area (Å²) in [6.07, 6.45) is 0.992. The van der Waals surface area contributed by atoms with Gasteiger partial charge in [0.1, 0.15) is 11.8 Å². The first-order valence-corrected chi connectivity index (χ1v) is 8.19. The molecule has 0 aromatic heterocycles. The zero-order chi connectivity index (χ0) is 15.6. The molecule has 0 radical (unpaired) electrons. The van der Waals surface area contributed by atoms with Gasteiger partial charge in [0.25, 0.3) is 0 Å². The zero-order valence-corrected chi connectivity index (χ0v) is 12.8. The molecule has 1 heterocycles. The van der Waals surface area contributed by atoms with E-state index >= 15 is 0 Å². The van der Waals surface area contributed by atoms with Crippen LogP contribution in [0.25, 0.3) is 0 Å². The normalized spacial score (nSPS) is 23.7. The van der Waals surface area contributed by atoms with E-state index in [0.29, 0.717) is 18.6 Å². The fourth-order valence-electron chi connectivity index (χ4n) is 2.53. The second kappa shape index (κ2) is 6.03. The molecule has 7 heteroatoms. The van der Waals surface area contributed by atoms with Crippen molar-refractivity contribution in [2.45, 2.75) is 30.7 Å². The number of carbonyl (C=O) groups is 1. The maximum Gasteiger partial charge on any atom is 0.322 e. The summed E-state index contributed by atoms with van der Waals surface area (Å²) in [7, 11) is -2.39. The van der Waals surface area contributed by atoms with E-state index in [-0.39, 0.29) is 17.4 Å². The highest BCUT2D eigenvalue weighted by molar-refractivity contribution is 7.89. The zero-order valence-electron chi connectivity index (χ0n) is 12.0. The molecule has 1 fully saturated rings. The molecule has 1 aromatic rings. The van der Waals surface area contributed by atoms with E-state index in [1.807, 2.05) is 6.92 Å². The Hall–Kier alpha value is -1.60. The molecule has 2 atom stereocenters. The monoisotopic (exact) mass is 313 g/mol. The summed E-state index contributed by atoms with van der Waals surface area (Å²) >= 11 is 0. The number of carboxylic acids is 1. The van der Waals surface area contributed by atoms with Crippen LogP contribution in [-0.4, -0.2) is 43.5 Å². The predicted octanol–water partition coefficient (Wildman–Crippen LogP) is 1.57. The van der Waals surface area contributed by atoms with Crippen molar-refractivity contribution in [3.63, 3.8) is 0 Å². The van der Waals surface area contributed by atoms with Crippen molar-refractivity contribution in [1.29, 1.82) is 0 Å². The van der Waals surface area contributed by atoms with E-state index in [0.717, 1.165) is 4.31 Å². The van der Waals surface area contributed by atoms with Crippen molar-refractivity contribution in [3.05, 3.63) is 24.3 Å². The van der Waals surface area contributed by atoms with Crippen molar-refractivity contribution >= 4 is 16.0 Å². The number of carboxylic acid groups (broad SMARTS) is 1. The minimum atomic E-state index is -3.84. The Bertz CT molecular complexity index is 628. The van der Waals surface area contributed by atoms with Gasteiger partial charge in [-0.25, -0.2) is 8.42 Å². The summed E-state index contributed by atoms with van der Waals surface area (Å²) < 4.78 is 31.5. The summed E-state index contributed by atoms with van der Waals surface area (Å²) in [6.45, 7) is 2.16. The van der Waals surface area contributed by atoms with Crippen LogP contribution in [0.1, 0.15) is 19.8 Å². The van der Waals surface area contributed by atoms with Crippen LogP contribution in [0.2, 0.25) is 0 Å². The lowest BCUT2D eigenvalue weighted by Gasteiger charge is -2.34. The molecule has 21 heavy (non-hydrogen) atoms. The molecular formula is C14H19NO5S. The highest BCUT2D eigenvalue weighted by atomic mass is 32.2. The predicted molar refractivity (Wildman–Crippen MR) is 76.7 cm³/mol. The molecule has 1 aromatic carbocycles. The van der Waals surface area contributed by atoms with Crippen molar-refractivity contribution < 1.29 is 23.1 Å². The highest BCUT2D eigenvalue weighted by Gasteiger charge is 2.39. The van der Waals surface area contributed by atoms with Crippen LogP contribution >= 0.6 is 0 Å². The Morgan fingerprint density at radius 3 is 2.76 bits per heavy atom. The van der Waals surface area contributed by atoms with Gasteiger partial charge in [0, 0.05) is 12.6 Å². The molecule has 1 aliphatic rings. The molecule has 2 rings (SSSR count). The van der Waals surface area contributed by atoms with Gasteiger partial charge in [0.2, 0.25) is 10.0 Å². The van der Waals surface area contributed by atoms with E-state index < -0.39 is 22.0 Å². The number of sulfonamides is 1. The Labute approximate surface area is 124 Å². The average molecular weight is 313 g/mol. The lowest BCUT2D eigenvalue weighted by atomic mass is 9.94. The van der Waals surface area contributed by atoms with E-state index in [1.165, 1.54) is 19.2 Å². The molecule has 116 valence electrons. The summed E-state index contributed by atoms with van der Waals surface area (Å²) in [5.41, 5.74) is 0. The molecule has 0 spiro atoms. The van der Waals surface area contributed by atoms with Gasteiger partial charge < -0.3 is 9.84 Å². The average Bonchev–Trinajstić information content (AvgIpc) is 2.46. The minimum Gasteiger partial charge on any atom is -0.497 e. The van der Waals surface area contributed by atoms with Gasteiger partial charge in [-0.05, 0) is 30.9 Å². The number of ether oxygens (including phenoxy) is 1. The first-order chi connectivity index (χ1) is 9.86. The Morgan fingerprint density at radius 1 is 1.43 bits per heavy atom. The molecule has 2 unspecified atom stereocenters. The van der Waals surface area contributed by atoms with Gasteiger partial charge in [-0.3, -0.25) is 4.79 Å². The number of methoxy groups -OCH3 is 1. The number of rotatable bonds is 4. The van der Waals surface area contributed by atoms with E-state index in [1.54, 1.807) is 12.1 Å². The summed E-state index contributed by atoms with van der Waals surface area (Å²) in [5.74, 6) is -0.482. The quantitative estimate of drug-likeness (QED) is 0.912. The number of aliphatic carboxylic acids is 1. The highest BCUT2D eigenvalue weighted by Crippen LogP contribution is 2.29. The molecule has 1 aliphatic heterocycles. The topological polar surface area (TPSA) is 83.9 Å². The minimum absolute atomic E-state index is 0.0580. The van der Waals surface area contributed by atoms with Crippen molar-refractivity contribution in [2.24, 2.45) is 5.92 Å². The van der Waals surface area contributed by atoms with Crippen LogP contribution in [0, 0.1) is 5.92 Å². The van der Waals surface area contributed by atoms with Gasteiger partial charge in [-0.2, -0.15) is 4.31 Å². The van der Waals surface area contributed by atoms with E-state index in [2.05, 4.69) is 0 Å². The van der Waals surface area contributed by atoms with Crippen molar-refractivity contribution in [3.8, 4) is 5.75 Å². The number of hydrogen-bond donors (Lipinski definition) is 1. The fraction of sp³-hybridized carbons (Fsp3) is 0.500. The molecule has 6 nitrogen and oxygen atoms in total. The molecule has 0 saturated carbocycles. The van der Waals surface area contributed by atoms with Crippen LogP contribution in [0.4, 0.5) is 0 Å². The lowest BCUT2D eigenvalue weighted by Crippen LogP contribution is -2.49. The van der Waals surface area contributed by atoms with Crippen molar-refractivity contribution in [2.75, 3.05) is 13.7 Å². The standard InChI is InChI=1S/C14H19NO5S/c1-10-6-7-15(13(8-10)14(16)17)21(18,19)12-5-3-4-11(9-12)20-2/h3-5,9-10,13H,6-8H2,1-2H3,(H,16,17). The maximum atomic E-state index is 12.7. The van der Waals surface area contributed by atoms with E-state index in [9.17, 15) is 18.3 Å². The van der Waals surface area contributed by atoms with Gasteiger partial charge in [0.15, 0.2) is 0 Å². The smallest absolute Gasteiger partial charge is 0.322 e.